The molecule has 2 N–H and O–H groups in total. The van der Waals surface area contributed by atoms with Crippen molar-refractivity contribution in [1.82, 2.24) is 5.32 Å². The molecule has 1 aromatic rings. The lowest BCUT2D eigenvalue weighted by Gasteiger charge is -2.08. The zero-order chi connectivity index (χ0) is 12.1. The average Bonchev–Trinajstić information content (AvgIpc) is 2.25. The van der Waals surface area contributed by atoms with Gasteiger partial charge in [0.25, 0.3) is 5.91 Å². The minimum atomic E-state index is -0.939. The van der Waals surface area contributed by atoms with Gasteiger partial charge in [0.1, 0.15) is 0 Å². The Hall–Kier alpha value is -1.55. The first-order valence-corrected chi connectivity index (χ1v) is 5.15. The van der Waals surface area contributed by atoms with E-state index in [9.17, 15) is 9.59 Å². The Kier molecular flexibility index (Phi) is 4.31. The summed E-state index contributed by atoms with van der Waals surface area (Å²) in [5, 5.41) is 11.6. The molecule has 0 aliphatic carbocycles. The fourth-order valence-corrected chi connectivity index (χ4v) is 1.26. The highest BCUT2D eigenvalue weighted by atomic mass is 35.5. The Morgan fingerprint density at radius 3 is 2.75 bits per heavy atom. The van der Waals surface area contributed by atoms with Crippen LogP contribution in [0.4, 0.5) is 0 Å². The number of carbonyl (C=O) groups excluding carboxylic acids is 1. The van der Waals surface area contributed by atoms with Crippen LogP contribution in [0.1, 0.15) is 17.3 Å². The fourth-order valence-electron chi connectivity index (χ4n) is 1.06. The molecule has 0 heterocycles. The monoisotopic (exact) mass is 241 g/mol. The van der Waals surface area contributed by atoms with Crippen molar-refractivity contribution in [2.45, 2.75) is 6.92 Å². The molecule has 0 saturated heterocycles. The molecule has 0 fully saturated rings. The first-order valence-electron chi connectivity index (χ1n) is 4.77. The first-order chi connectivity index (χ1) is 7.50. The van der Waals surface area contributed by atoms with Gasteiger partial charge in [-0.1, -0.05) is 24.6 Å². The second kappa shape index (κ2) is 5.51. The number of hydrogen-bond acceptors (Lipinski definition) is 2. The second-order valence-electron chi connectivity index (χ2n) is 3.46. The standard InChI is InChI=1S/C11H12ClNO3/c1-7(11(15)16)6-13-10(14)8-3-2-4-9(12)5-8/h2-5,7H,6H2,1H3,(H,13,14)(H,15,16). The van der Waals surface area contributed by atoms with Crippen LogP contribution in [0.25, 0.3) is 0 Å². The molecule has 1 rings (SSSR count). The Balaban J connectivity index is 2.56. The van der Waals surface area contributed by atoms with Gasteiger partial charge in [0.15, 0.2) is 0 Å². The van der Waals surface area contributed by atoms with E-state index in [4.69, 9.17) is 16.7 Å². The van der Waals surface area contributed by atoms with Crippen LogP contribution in [0.3, 0.4) is 0 Å². The molecule has 1 amide bonds. The van der Waals surface area contributed by atoms with Gasteiger partial charge >= 0.3 is 5.97 Å². The highest BCUT2D eigenvalue weighted by Crippen LogP contribution is 2.10. The van der Waals surface area contributed by atoms with Crippen LogP contribution in [-0.4, -0.2) is 23.5 Å². The van der Waals surface area contributed by atoms with Gasteiger partial charge in [-0.05, 0) is 18.2 Å². The molecule has 1 atom stereocenters. The molecule has 0 aliphatic rings. The first kappa shape index (κ1) is 12.5. The Morgan fingerprint density at radius 1 is 1.50 bits per heavy atom. The third-order valence-electron chi connectivity index (χ3n) is 2.08. The SMILES string of the molecule is CC(CNC(=O)c1cccc(Cl)c1)C(=O)O. The Bertz CT molecular complexity index is 406. The van der Waals surface area contributed by atoms with Crippen LogP contribution in [-0.2, 0) is 4.79 Å². The van der Waals surface area contributed by atoms with E-state index in [1.807, 2.05) is 0 Å². The predicted molar refractivity (Wildman–Crippen MR) is 60.6 cm³/mol. The third-order valence-corrected chi connectivity index (χ3v) is 2.31. The third kappa shape index (κ3) is 3.55. The molecule has 0 bridgehead atoms. The molecule has 4 nitrogen and oxygen atoms in total. The van der Waals surface area contributed by atoms with Crippen molar-refractivity contribution in [2.24, 2.45) is 5.92 Å². The smallest absolute Gasteiger partial charge is 0.308 e. The van der Waals surface area contributed by atoms with Crippen LogP contribution in [0.2, 0.25) is 5.02 Å². The van der Waals surface area contributed by atoms with Crippen molar-refractivity contribution in [3.8, 4) is 0 Å². The molecular weight excluding hydrogens is 230 g/mol. The minimum absolute atomic E-state index is 0.0979. The van der Waals surface area contributed by atoms with E-state index in [0.717, 1.165) is 0 Å². The predicted octanol–water partition coefficient (Wildman–Crippen LogP) is 1.79. The van der Waals surface area contributed by atoms with Crippen LogP contribution in [0.5, 0.6) is 0 Å². The van der Waals surface area contributed by atoms with Gasteiger partial charge in [0.05, 0.1) is 5.92 Å². The minimum Gasteiger partial charge on any atom is -0.481 e. The molecule has 86 valence electrons. The number of halogens is 1. The lowest BCUT2D eigenvalue weighted by molar-refractivity contribution is -0.140. The number of rotatable bonds is 4. The molecule has 0 spiro atoms. The lowest BCUT2D eigenvalue weighted by atomic mass is 10.1. The van der Waals surface area contributed by atoms with Crippen LogP contribution >= 0.6 is 11.6 Å². The van der Waals surface area contributed by atoms with Gasteiger partial charge in [-0.25, -0.2) is 0 Å². The maximum Gasteiger partial charge on any atom is 0.308 e. The summed E-state index contributed by atoms with van der Waals surface area (Å²) in [6.07, 6.45) is 0. The molecule has 16 heavy (non-hydrogen) atoms. The van der Waals surface area contributed by atoms with E-state index >= 15 is 0 Å². The molecule has 5 heteroatoms. The lowest BCUT2D eigenvalue weighted by Crippen LogP contribution is -2.31. The van der Waals surface area contributed by atoms with Gasteiger partial charge in [-0.3, -0.25) is 9.59 Å². The number of amides is 1. The summed E-state index contributed by atoms with van der Waals surface area (Å²) in [6, 6.07) is 6.48. The van der Waals surface area contributed by atoms with E-state index < -0.39 is 11.9 Å². The number of carboxylic acids is 1. The highest BCUT2D eigenvalue weighted by molar-refractivity contribution is 6.30. The topological polar surface area (TPSA) is 66.4 Å². The zero-order valence-corrected chi connectivity index (χ0v) is 9.49. The molecule has 1 aromatic carbocycles. The van der Waals surface area contributed by atoms with Crippen molar-refractivity contribution in [2.75, 3.05) is 6.54 Å². The molecule has 0 radical (unpaired) electrons. The summed E-state index contributed by atoms with van der Waals surface area (Å²) in [5.74, 6) is -1.87. The van der Waals surface area contributed by atoms with E-state index in [1.54, 1.807) is 18.2 Å². The number of aliphatic carboxylic acids is 1. The van der Waals surface area contributed by atoms with Crippen LogP contribution < -0.4 is 5.32 Å². The van der Waals surface area contributed by atoms with Crippen molar-refractivity contribution in [3.05, 3.63) is 34.9 Å². The highest BCUT2D eigenvalue weighted by Gasteiger charge is 2.12. The molecule has 1 unspecified atom stereocenters. The van der Waals surface area contributed by atoms with Crippen molar-refractivity contribution in [1.29, 1.82) is 0 Å². The summed E-state index contributed by atoms with van der Waals surface area (Å²) in [6.45, 7) is 1.63. The molecule has 0 saturated carbocycles. The number of hydrogen-bond donors (Lipinski definition) is 2. The number of carboxylic acid groups (broad SMARTS) is 1. The summed E-state index contributed by atoms with van der Waals surface area (Å²) in [5.41, 5.74) is 0.421. The van der Waals surface area contributed by atoms with Crippen molar-refractivity contribution >= 4 is 23.5 Å². The van der Waals surface area contributed by atoms with E-state index in [0.29, 0.717) is 10.6 Å². The average molecular weight is 242 g/mol. The quantitative estimate of drug-likeness (QED) is 0.845. The van der Waals surface area contributed by atoms with E-state index in [1.165, 1.54) is 13.0 Å². The van der Waals surface area contributed by atoms with Crippen LogP contribution in [0.15, 0.2) is 24.3 Å². The number of nitrogens with one attached hydrogen (secondary N) is 1. The van der Waals surface area contributed by atoms with Gasteiger partial charge in [-0.2, -0.15) is 0 Å². The zero-order valence-electron chi connectivity index (χ0n) is 8.74. The number of benzene rings is 1. The maximum atomic E-state index is 11.6. The van der Waals surface area contributed by atoms with E-state index in [-0.39, 0.29) is 12.5 Å². The molecule has 0 aliphatic heterocycles. The number of carbonyl (C=O) groups is 2. The summed E-state index contributed by atoms with van der Waals surface area (Å²) >= 11 is 5.73. The van der Waals surface area contributed by atoms with Gasteiger partial charge in [-0.15, -0.1) is 0 Å². The van der Waals surface area contributed by atoms with Gasteiger partial charge in [0, 0.05) is 17.1 Å². The largest absolute Gasteiger partial charge is 0.481 e. The normalized spacial score (nSPS) is 11.9. The second-order valence-corrected chi connectivity index (χ2v) is 3.90. The molecular formula is C11H12ClNO3. The Labute approximate surface area is 98.2 Å². The van der Waals surface area contributed by atoms with Gasteiger partial charge in [0.2, 0.25) is 0 Å². The fraction of sp³-hybridized carbons (Fsp3) is 0.273. The van der Waals surface area contributed by atoms with E-state index in [2.05, 4.69) is 5.32 Å². The summed E-state index contributed by atoms with van der Waals surface area (Å²) in [4.78, 5) is 22.1. The van der Waals surface area contributed by atoms with Crippen LogP contribution in [0, 0.1) is 5.92 Å². The molecule has 0 aromatic heterocycles. The van der Waals surface area contributed by atoms with Crippen molar-refractivity contribution in [3.63, 3.8) is 0 Å². The summed E-state index contributed by atoms with van der Waals surface area (Å²) in [7, 11) is 0. The Morgan fingerprint density at radius 2 is 2.19 bits per heavy atom. The summed E-state index contributed by atoms with van der Waals surface area (Å²) < 4.78 is 0. The van der Waals surface area contributed by atoms with Crippen molar-refractivity contribution < 1.29 is 14.7 Å². The van der Waals surface area contributed by atoms with Gasteiger partial charge < -0.3 is 10.4 Å². The maximum absolute atomic E-state index is 11.6.